The molecule has 0 fully saturated rings. The molecule has 2 aliphatic rings. The van der Waals surface area contributed by atoms with Crippen molar-refractivity contribution in [2.24, 2.45) is 0 Å². The lowest BCUT2D eigenvalue weighted by Crippen LogP contribution is -2.37. The Hall–Kier alpha value is -2.16. The Bertz CT molecular complexity index is 628. The number of nitrogens with zero attached hydrogens (tertiary/aromatic N) is 1. The van der Waals surface area contributed by atoms with Crippen LogP contribution in [0, 0.1) is 0 Å². The lowest BCUT2D eigenvalue weighted by molar-refractivity contribution is -0.116. The molecular formula is C17H17NO2. The second kappa shape index (κ2) is 5.08. The fourth-order valence-electron chi connectivity index (χ4n) is 3.08. The van der Waals surface area contributed by atoms with Crippen molar-refractivity contribution in [3.63, 3.8) is 0 Å². The van der Waals surface area contributed by atoms with E-state index in [9.17, 15) is 9.59 Å². The van der Waals surface area contributed by atoms with Gasteiger partial charge in [0.2, 0.25) is 5.91 Å². The molecule has 20 heavy (non-hydrogen) atoms. The Morgan fingerprint density at radius 1 is 1.35 bits per heavy atom. The van der Waals surface area contributed by atoms with E-state index < -0.39 is 0 Å². The summed E-state index contributed by atoms with van der Waals surface area (Å²) in [6.07, 6.45) is 10.2. The van der Waals surface area contributed by atoms with Crippen LogP contribution in [0.15, 0.2) is 42.0 Å². The molecule has 1 aliphatic heterocycles. The minimum Gasteiger partial charge on any atom is -0.305 e. The van der Waals surface area contributed by atoms with Crippen molar-refractivity contribution in [3.05, 3.63) is 53.1 Å². The highest BCUT2D eigenvalue weighted by Crippen LogP contribution is 2.36. The summed E-state index contributed by atoms with van der Waals surface area (Å²) >= 11 is 0. The number of aldehydes is 1. The zero-order chi connectivity index (χ0) is 14.1. The SMILES string of the molecule is CC(=O)N1c2ccc(C=O)cc2CC1C1=CCCC=C1. The molecule has 102 valence electrons. The number of benzene rings is 1. The van der Waals surface area contributed by atoms with Crippen LogP contribution >= 0.6 is 0 Å². The molecule has 0 aromatic heterocycles. The summed E-state index contributed by atoms with van der Waals surface area (Å²) in [6, 6.07) is 5.62. The predicted octanol–water partition coefficient (Wildman–Crippen LogP) is 3.05. The molecule has 0 radical (unpaired) electrons. The molecule has 1 heterocycles. The van der Waals surface area contributed by atoms with Crippen molar-refractivity contribution in [1.82, 2.24) is 0 Å². The standard InChI is InChI=1S/C17H17NO2/c1-12(20)18-16-8-7-13(11-19)9-15(16)10-17(18)14-5-3-2-4-6-14/h3,5-9,11,17H,2,4,10H2,1H3. The molecule has 0 bridgehead atoms. The minimum atomic E-state index is 0.0486. The predicted molar refractivity (Wildman–Crippen MR) is 78.9 cm³/mol. The molecule has 0 N–H and O–H groups in total. The summed E-state index contributed by atoms with van der Waals surface area (Å²) in [7, 11) is 0. The van der Waals surface area contributed by atoms with E-state index in [0.29, 0.717) is 5.56 Å². The molecule has 1 unspecified atom stereocenters. The molecule has 1 aromatic carbocycles. The van der Waals surface area contributed by atoms with Crippen molar-refractivity contribution in [2.75, 3.05) is 4.90 Å². The highest BCUT2D eigenvalue weighted by molar-refractivity contribution is 5.96. The molecule has 3 rings (SSSR count). The molecule has 0 saturated carbocycles. The Morgan fingerprint density at radius 2 is 2.20 bits per heavy atom. The summed E-state index contributed by atoms with van der Waals surface area (Å²) in [5.41, 5.74) is 3.89. The molecular weight excluding hydrogens is 250 g/mol. The van der Waals surface area contributed by atoms with Crippen molar-refractivity contribution < 1.29 is 9.59 Å². The fraction of sp³-hybridized carbons (Fsp3) is 0.294. The van der Waals surface area contributed by atoms with Crippen LogP contribution in [0.1, 0.15) is 35.7 Å². The van der Waals surface area contributed by atoms with Gasteiger partial charge in [0.15, 0.2) is 0 Å². The Kier molecular flexibility index (Phi) is 3.26. The number of carbonyl (C=O) groups excluding carboxylic acids is 2. The van der Waals surface area contributed by atoms with Crippen molar-refractivity contribution >= 4 is 17.9 Å². The van der Waals surface area contributed by atoms with E-state index in [1.807, 2.05) is 17.0 Å². The highest BCUT2D eigenvalue weighted by Gasteiger charge is 2.33. The number of hydrogen-bond donors (Lipinski definition) is 0. The molecule has 0 saturated heterocycles. The third kappa shape index (κ3) is 2.09. The zero-order valence-corrected chi connectivity index (χ0v) is 11.5. The van der Waals surface area contributed by atoms with Crippen LogP contribution in [0.3, 0.4) is 0 Å². The molecule has 1 aromatic rings. The molecule has 0 spiro atoms. The van der Waals surface area contributed by atoms with Gasteiger partial charge in [-0.15, -0.1) is 0 Å². The maximum Gasteiger partial charge on any atom is 0.224 e. The monoisotopic (exact) mass is 267 g/mol. The van der Waals surface area contributed by atoms with Gasteiger partial charge in [0.25, 0.3) is 0 Å². The number of hydrogen-bond acceptors (Lipinski definition) is 2. The summed E-state index contributed by atoms with van der Waals surface area (Å²) in [5.74, 6) is 0.0486. The van der Waals surface area contributed by atoms with Gasteiger partial charge in [-0.25, -0.2) is 0 Å². The summed E-state index contributed by atoms with van der Waals surface area (Å²) in [6.45, 7) is 1.60. The molecule has 3 heteroatoms. The average Bonchev–Trinajstić information content (AvgIpc) is 2.86. The largest absolute Gasteiger partial charge is 0.305 e. The second-order valence-electron chi connectivity index (χ2n) is 5.30. The van der Waals surface area contributed by atoms with E-state index in [-0.39, 0.29) is 11.9 Å². The molecule has 1 amide bonds. The van der Waals surface area contributed by atoms with Crippen LogP contribution in [0.5, 0.6) is 0 Å². The first-order chi connectivity index (χ1) is 9.70. The van der Waals surface area contributed by atoms with Crippen LogP contribution in [0.25, 0.3) is 0 Å². The number of allylic oxidation sites excluding steroid dienone is 2. The third-order valence-corrected chi connectivity index (χ3v) is 3.97. The Labute approximate surface area is 118 Å². The lowest BCUT2D eigenvalue weighted by atomic mass is 9.97. The van der Waals surface area contributed by atoms with E-state index in [1.165, 1.54) is 5.57 Å². The number of carbonyl (C=O) groups is 2. The van der Waals surface area contributed by atoms with Crippen molar-refractivity contribution in [3.8, 4) is 0 Å². The molecule has 3 nitrogen and oxygen atoms in total. The van der Waals surface area contributed by atoms with E-state index >= 15 is 0 Å². The topological polar surface area (TPSA) is 37.4 Å². The van der Waals surface area contributed by atoms with Crippen LogP contribution in [-0.4, -0.2) is 18.2 Å². The maximum atomic E-state index is 12.0. The van der Waals surface area contributed by atoms with Crippen LogP contribution in [-0.2, 0) is 11.2 Å². The first-order valence-electron chi connectivity index (χ1n) is 6.95. The normalized spacial score (nSPS) is 20.6. The van der Waals surface area contributed by atoms with Gasteiger partial charge < -0.3 is 4.90 Å². The molecule has 1 atom stereocenters. The van der Waals surface area contributed by atoms with Gasteiger partial charge in [-0.3, -0.25) is 9.59 Å². The zero-order valence-electron chi connectivity index (χ0n) is 11.5. The van der Waals surface area contributed by atoms with Gasteiger partial charge in [0.1, 0.15) is 6.29 Å². The van der Waals surface area contributed by atoms with Crippen LogP contribution in [0.4, 0.5) is 5.69 Å². The second-order valence-corrected chi connectivity index (χ2v) is 5.30. The summed E-state index contributed by atoms with van der Waals surface area (Å²) < 4.78 is 0. The maximum absolute atomic E-state index is 12.0. The lowest BCUT2D eigenvalue weighted by Gasteiger charge is -2.26. The fourth-order valence-corrected chi connectivity index (χ4v) is 3.08. The van der Waals surface area contributed by atoms with E-state index in [0.717, 1.165) is 36.8 Å². The van der Waals surface area contributed by atoms with Crippen molar-refractivity contribution in [1.29, 1.82) is 0 Å². The number of rotatable bonds is 2. The molecule has 1 aliphatic carbocycles. The van der Waals surface area contributed by atoms with Crippen molar-refractivity contribution in [2.45, 2.75) is 32.2 Å². The van der Waals surface area contributed by atoms with Crippen LogP contribution < -0.4 is 4.90 Å². The third-order valence-electron chi connectivity index (χ3n) is 3.97. The highest BCUT2D eigenvalue weighted by atomic mass is 16.2. The number of fused-ring (bicyclic) bond motifs is 1. The van der Waals surface area contributed by atoms with Gasteiger partial charge in [0.05, 0.1) is 6.04 Å². The first-order valence-corrected chi connectivity index (χ1v) is 6.95. The van der Waals surface area contributed by atoms with Gasteiger partial charge in [-0.2, -0.15) is 0 Å². The van der Waals surface area contributed by atoms with E-state index in [4.69, 9.17) is 0 Å². The average molecular weight is 267 g/mol. The smallest absolute Gasteiger partial charge is 0.224 e. The van der Waals surface area contributed by atoms with Gasteiger partial charge in [-0.05, 0) is 48.6 Å². The van der Waals surface area contributed by atoms with E-state index in [2.05, 4.69) is 18.2 Å². The minimum absolute atomic E-state index is 0.0486. The first kappa shape index (κ1) is 12.9. The number of amides is 1. The quantitative estimate of drug-likeness (QED) is 0.772. The van der Waals surface area contributed by atoms with Gasteiger partial charge in [0, 0.05) is 18.2 Å². The van der Waals surface area contributed by atoms with E-state index in [1.54, 1.807) is 13.0 Å². The van der Waals surface area contributed by atoms with Crippen LogP contribution in [0.2, 0.25) is 0 Å². The van der Waals surface area contributed by atoms with Gasteiger partial charge >= 0.3 is 0 Å². The summed E-state index contributed by atoms with van der Waals surface area (Å²) in [5, 5.41) is 0. The Balaban J connectivity index is 2.02. The Morgan fingerprint density at radius 3 is 2.85 bits per heavy atom. The summed E-state index contributed by atoms with van der Waals surface area (Å²) in [4.78, 5) is 24.8. The van der Waals surface area contributed by atoms with Gasteiger partial charge in [-0.1, -0.05) is 18.2 Å². The number of anilines is 1.